The van der Waals surface area contributed by atoms with Gasteiger partial charge in [0.25, 0.3) is 5.78 Å². The lowest BCUT2D eigenvalue weighted by atomic mass is 10.1. The van der Waals surface area contributed by atoms with Crippen LogP contribution in [0.1, 0.15) is 15.9 Å². The Labute approximate surface area is 161 Å². The number of carbonyl (C=O) groups excluding carboxylic acids is 2. The average Bonchev–Trinajstić information content (AvgIpc) is 2.90. The van der Waals surface area contributed by atoms with Gasteiger partial charge in [0.2, 0.25) is 0 Å². The second kappa shape index (κ2) is 7.31. The zero-order chi connectivity index (χ0) is 18.1. The van der Waals surface area contributed by atoms with E-state index >= 15 is 0 Å². The van der Waals surface area contributed by atoms with E-state index in [4.69, 9.17) is 0 Å². The van der Waals surface area contributed by atoms with Gasteiger partial charge in [-0.25, -0.2) is 0 Å². The van der Waals surface area contributed by atoms with Crippen LogP contribution >= 0.6 is 15.9 Å². The first-order valence-corrected chi connectivity index (χ1v) is 9.56. The van der Waals surface area contributed by atoms with Gasteiger partial charge in [-0.1, -0.05) is 36.4 Å². The Hall–Kier alpha value is -2.02. The van der Waals surface area contributed by atoms with Crippen molar-refractivity contribution in [1.82, 2.24) is 9.80 Å². The van der Waals surface area contributed by atoms with Gasteiger partial charge in [-0.05, 0) is 33.6 Å². The monoisotopic (exact) mass is 413 g/mol. The molecule has 2 aromatic carbocycles. The molecule has 0 radical (unpaired) electrons. The Kier molecular flexibility index (Phi) is 4.89. The number of carbonyl (C=O) groups is 2. The third kappa shape index (κ3) is 3.32. The quantitative estimate of drug-likeness (QED) is 0.722. The summed E-state index contributed by atoms with van der Waals surface area (Å²) < 4.78 is 0.684. The smallest absolute Gasteiger partial charge is 0.297 e. The van der Waals surface area contributed by atoms with E-state index in [0.29, 0.717) is 22.4 Å². The number of benzene rings is 2. The van der Waals surface area contributed by atoms with E-state index in [2.05, 4.69) is 50.0 Å². The summed E-state index contributed by atoms with van der Waals surface area (Å²) in [6.07, 6.45) is 0. The van der Waals surface area contributed by atoms with Crippen molar-refractivity contribution >= 4 is 33.3 Å². The third-order valence-corrected chi connectivity index (χ3v) is 5.67. The van der Waals surface area contributed by atoms with Crippen molar-refractivity contribution in [3.8, 4) is 0 Å². The van der Waals surface area contributed by atoms with E-state index in [9.17, 15) is 9.59 Å². The molecule has 2 aliphatic heterocycles. The number of hydrogen-bond donors (Lipinski definition) is 0. The van der Waals surface area contributed by atoms with Gasteiger partial charge in [0.05, 0.1) is 17.9 Å². The van der Waals surface area contributed by atoms with Crippen molar-refractivity contribution in [3.63, 3.8) is 0 Å². The number of ketones is 1. The van der Waals surface area contributed by atoms with Crippen molar-refractivity contribution < 1.29 is 9.59 Å². The Morgan fingerprint density at radius 2 is 1.54 bits per heavy atom. The highest BCUT2D eigenvalue weighted by atomic mass is 79.9. The molecule has 0 atom stereocenters. The number of Topliss-reactive ketones (excluding diaryl/α,β-unsaturated/α-hetero) is 1. The van der Waals surface area contributed by atoms with Crippen molar-refractivity contribution in [1.29, 1.82) is 0 Å². The summed E-state index contributed by atoms with van der Waals surface area (Å²) in [6.45, 7) is 5.09. The van der Waals surface area contributed by atoms with Gasteiger partial charge >= 0.3 is 5.91 Å². The predicted octanol–water partition coefficient (Wildman–Crippen LogP) is 2.75. The molecule has 0 saturated carbocycles. The topological polar surface area (TPSA) is 43.9 Å². The fourth-order valence-electron chi connectivity index (χ4n) is 3.57. The van der Waals surface area contributed by atoms with E-state index < -0.39 is 11.7 Å². The number of anilines is 1. The van der Waals surface area contributed by atoms with Crippen molar-refractivity contribution in [3.05, 3.63) is 64.1 Å². The Balaban J connectivity index is 1.39. The van der Waals surface area contributed by atoms with Crippen molar-refractivity contribution in [2.45, 2.75) is 6.54 Å². The van der Waals surface area contributed by atoms with Gasteiger partial charge in [-0.2, -0.15) is 0 Å². The zero-order valence-corrected chi connectivity index (χ0v) is 16.0. The van der Waals surface area contributed by atoms with E-state index in [1.807, 2.05) is 18.2 Å². The first kappa shape index (κ1) is 17.4. The number of nitrogens with zero attached hydrogens (tertiary/aromatic N) is 3. The molecule has 0 N–H and O–H groups in total. The molecule has 6 heteroatoms. The molecular formula is C20H20BrN3O2. The lowest BCUT2D eigenvalue weighted by Crippen LogP contribution is -2.50. The van der Waals surface area contributed by atoms with E-state index in [-0.39, 0.29) is 0 Å². The lowest BCUT2D eigenvalue weighted by Gasteiger charge is -2.36. The van der Waals surface area contributed by atoms with Crippen molar-refractivity contribution in [2.75, 3.05) is 37.7 Å². The molecule has 1 fully saturated rings. The van der Waals surface area contributed by atoms with Crippen LogP contribution in [-0.4, -0.2) is 54.3 Å². The molecule has 2 aliphatic rings. The highest BCUT2D eigenvalue weighted by molar-refractivity contribution is 9.10. The van der Waals surface area contributed by atoms with Gasteiger partial charge in [0, 0.05) is 37.2 Å². The lowest BCUT2D eigenvalue weighted by molar-refractivity contribution is -0.114. The van der Waals surface area contributed by atoms with Gasteiger partial charge < -0.3 is 0 Å². The second-order valence-corrected chi connectivity index (χ2v) is 7.57. The van der Waals surface area contributed by atoms with Gasteiger partial charge in [0.15, 0.2) is 0 Å². The number of amides is 1. The van der Waals surface area contributed by atoms with Crippen LogP contribution in [-0.2, 0) is 11.3 Å². The minimum absolute atomic E-state index is 0.421. The van der Waals surface area contributed by atoms with Crippen LogP contribution < -0.4 is 4.90 Å². The molecule has 134 valence electrons. The molecule has 0 unspecified atom stereocenters. The Morgan fingerprint density at radius 1 is 0.846 bits per heavy atom. The normalized spacial score (nSPS) is 18.4. The summed E-state index contributed by atoms with van der Waals surface area (Å²) in [6, 6.07) is 16.0. The van der Waals surface area contributed by atoms with Crippen LogP contribution in [0.15, 0.2) is 53.0 Å². The van der Waals surface area contributed by atoms with Crippen LogP contribution in [0, 0.1) is 0 Å². The minimum atomic E-state index is -0.432. The maximum Gasteiger partial charge on any atom is 0.300 e. The number of rotatable bonds is 4. The SMILES string of the molecule is O=C1C(=O)N(CN2CCN(Cc3ccccc3)CC2)c2cccc(Br)c21. The van der Waals surface area contributed by atoms with Crippen molar-refractivity contribution in [2.24, 2.45) is 0 Å². The molecular weight excluding hydrogens is 394 g/mol. The summed E-state index contributed by atoms with van der Waals surface area (Å²) in [7, 11) is 0. The zero-order valence-electron chi connectivity index (χ0n) is 14.4. The number of fused-ring (bicyclic) bond motifs is 1. The molecule has 0 aliphatic carbocycles. The molecule has 2 heterocycles. The molecule has 2 aromatic rings. The molecule has 0 spiro atoms. The standard InChI is InChI=1S/C20H20BrN3O2/c21-16-7-4-8-17-18(16)19(25)20(26)24(17)14-23-11-9-22(10-12-23)13-15-5-2-1-3-6-15/h1-8H,9-14H2. The molecule has 4 rings (SSSR count). The second-order valence-electron chi connectivity index (χ2n) is 6.72. The molecule has 0 bridgehead atoms. The third-order valence-electron chi connectivity index (χ3n) is 5.00. The summed E-state index contributed by atoms with van der Waals surface area (Å²) in [5.41, 5.74) is 2.52. The molecule has 0 aromatic heterocycles. The van der Waals surface area contributed by atoms with Gasteiger partial charge in [-0.15, -0.1) is 0 Å². The number of hydrogen-bond acceptors (Lipinski definition) is 4. The summed E-state index contributed by atoms with van der Waals surface area (Å²) in [5.74, 6) is -0.853. The van der Waals surface area contributed by atoms with E-state index in [1.165, 1.54) is 5.56 Å². The fraction of sp³-hybridized carbons (Fsp3) is 0.300. The largest absolute Gasteiger partial charge is 0.300 e. The van der Waals surface area contributed by atoms with Gasteiger partial charge in [0.1, 0.15) is 0 Å². The summed E-state index contributed by atoms with van der Waals surface area (Å²) in [5, 5.41) is 0. The first-order valence-electron chi connectivity index (χ1n) is 8.77. The number of piperazine rings is 1. The first-order chi connectivity index (χ1) is 12.6. The maximum atomic E-state index is 12.4. The summed E-state index contributed by atoms with van der Waals surface area (Å²) >= 11 is 3.39. The molecule has 1 amide bonds. The maximum absolute atomic E-state index is 12.4. The molecule has 5 nitrogen and oxygen atoms in total. The van der Waals surface area contributed by atoms with Gasteiger partial charge in [-0.3, -0.25) is 24.3 Å². The van der Waals surface area contributed by atoms with Crippen LogP contribution in [0.25, 0.3) is 0 Å². The highest BCUT2D eigenvalue weighted by Crippen LogP contribution is 2.34. The van der Waals surface area contributed by atoms with Crippen LogP contribution in [0.3, 0.4) is 0 Å². The fourth-order valence-corrected chi connectivity index (χ4v) is 4.11. The summed E-state index contributed by atoms with van der Waals surface area (Å²) in [4.78, 5) is 31.0. The van der Waals surface area contributed by atoms with Crippen LogP contribution in [0.2, 0.25) is 0 Å². The highest BCUT2D eigenvalue weighted by Gasteiger charge is 2.38. The predicted molar refractivity (Wildman–Crippen MR) is 104 cm³/mol. The minimum Gasteiger partial charge on any atom is -0.297 e. The van der Waals surface area contributed by atoms with Crippen LogP contribution in [0.5, 0.6) is 0 Å². The molecule has 26 heavy (non-hydrogen) atoms. The Morgan fingerprint density at radius 3 is 2.27 bits per heavy atom. The van der Waals surface area contributed by atoms with Crippen LogP contribution in [0.4, 0.5) is 5.69 Å². The molecule has 1 saturated heterocycles. The Bertz CT molecular complexity index is 832. The van der Waals surface area contributed by atoms with E-state index in [1.54, 1.807) is 11.0 Å². The van der Waals surface area contributed by atoms with E-state index in [0.717, 1.165) is 32.7 Å². The number of halogens is 1. The average molecular weight is 414 g/mol.